The molecule has 3 aliphatic rings. The molecule has 3 N–H and O–H groups in total. The third-order valence-electron chi connectivity index (χ3n) is 7.09. The monoisotopic (exact) mass is 483 g/mol. The first-order valence-corrected chi connectivity index (χ1v) is 11.9. The Morgan fingerprint density at radius 1 is 1.38 bits per heavy atom. The van der Waals surface area contributed by atoms with Gasteiger partial charge in [0.05, 0.1) is 29.0 Å². The van der Waals surface area contributed by atoms with Crippen molar-refractivity contribution in [3.8, 4) is 11.4 Å². The van der Waals surface area contributed by atoms with Crippen LogP contribution >= 0.6 is 11.8 Å². The van der Waals surface area contributed by atoms with Crippen LogP contribution in [0.15, 0.2) is 21.8 Å². The number of cyclic esters (lactones) is 1. The van der Waals surface area contributed by atoms with Crippen LogP contribution in [0.4, 0.5) is 4.39 Å². The van der Waals surface area contributed by atoms with Gasteiger partial charge in [0.2, 0.25) is 0 Å². The number of nitrogens with two attached hydrogens (primary N) is 1. The Hall–Kier alpha value is -2.79. The lowest BCUT2D eigenvalue weighted by molar-refractivity contribution is -0.174. The van der Waals surface area contributed by atoms with E-state index in [0.29, 0.717) is 28.2 Å². The quantitative estimate of drug-likeness (QED) is 0.426. The molecule has 0 spiro atoms. The first-order valence-electron chi connectivity index (χ1n) is 11.0. The van der Waals surface area contributed by atoms with Crippen LogP contribution in [0.1, 0.15) is 40.3 Å². The average Bonchev–Trinajstić information content (AvgIpc) is 3.18. The molecule has 3 aromatic rings. The third kappa shape index (κ3) is 2.73. The summed E-state index contributed by atoms with van der Waals surface area (Å²) in [4.78, 5) is 31.7. The number of hydrogen-bond donors (Lipinski definition) is 2. The molecule has 0 fully saturated rings. The van der Waals surface area contributed by atoms with Crippen LogP contribution in [0.5, 0.6) is 0 Å². The van der Waals surface area contributed by atoms with E-state index in [2.05, 4.69) is 0 Å². The van der Waals surface area contributed by atoms with E-state index in [4.69, 9.17) is 20.2 Å². The molecule has 3 aliphatic heterocycles. The molecule has 0 unspecified atom stereocenters. The van der Waals surface area contributed by atoms with E-state index in [-0.39, 0.29) is 54.7 Å². The zero-order valence-corrected chi connectivity index (χ0v) is 19.4. The van der Waals surface area contributed by atoms with E-state index < -0.39 is 11.6 Å². The van der Waals surface area contributed by atoms with Crippen LogP contribution in [-0.2, 0) is 33.0 Å². The molecule has 0 amide bonds. The van der Waals surface area contributed by atoms with Crippen molar-refractivity contribution >= 4 is 28.6 Å². The summed E-state index contributed by atoms with van der Waals surface area (Å²) in [6.07, 6.45) is -0.0581. The summed E-state index contributed by atoms with van der Waals surface area (Å²) >= 11 is 1.52. The Labute approximate surface area is 197 Å². The largest absolute Gasteiger partial charge is 0.458 e. The van der Waals surface area contributed by atoms with Crippen molar-refractivity contribution in [1.82, 2.24) is 9.55 Å². The highest BCUT2D eigenvalue weighted by atomic mass is 32.2. The van der Waals surface area contributed by atoms with Crippen LogP contribution in [0.2, 0.25) is 0 Å². The molecule has 0 saturated carbocycles. The number of rotatable bonds is 3. The van der Waals surface area contributed by atoms with Crippen LogP contribution in [-0.4, -0.2) is 40.1 Å². The Kier molecular flexibility index (Phi) is 4.70. The number of fused-ring (bicyclic) bond motifs is 5. The Bertz CT molecular complexity index is 1490. The fourth-order valence-electron chi connectivity index (χ4n) is 5.31. The van der Waals surface area contributed by atoms with Crippen molar-refractivity contribution in [2.24, 2.45) is 5.73 Å². The lowest BCUT2D eigenvalue weighted by atomic mass is 9.85. The van der Waals surface area contributed by atoms with Gasteiger partial charge in [-0.15, -0.1) is 11.8 Å². The highest BCUT2D eigenvalue weighted by Gasteiger charge is 2.46. The normalized spacial score (nSPS) is 22.4. The van der Waals surface area contributed by atoms with Crippen molar-refractivity contribution in [3.63, 3.8) is 0 Å². The van der Waals surface area contributed by atoms with Crippen molar-refractivity contribution in [2.45, 2.75) is 43.0 Å². The molecule has 34 heavy (non-hydrogen) atoms. The summed E-state index contributed by atoms with van der Waals surface area (Å²) in [7, 11) is 1.46. The van der Waals surface area contributed by atoms with Crippen molar-refractivity contribution < 1.29 is 23.8 Å². The highest BCUT2D eigenvalue weighted by Crippen LogP contribution is 2.47. The first kappa shape index (κ1) is 21.7. The Morgan fingerprint density at radius 3 is 2.94 bits per heavy atom. The predicted molar refractivity (Wildman–Crippen MR) is 123 cm³/mol. The molecule has 2 atom stereocenters. The summed E-state index contributed by atoms with van der Waals surface area (Å²) in [6, 6.07) is 2.74. The van der Waals surface area contributed by atoms with Crippen LogP contribution in [0, 0.1) is 12.7 Å². The van der Waals surface area contributed by atoms with Gasteiger partial charge in [0.1, 0.15) is 12.4 Å². The second-order valence-electron chi connectivity index (χ2n) is 8.97. The predicted octanol–water partition coefficient (Wildman–Crippen LogP) is 2.26. The maximum Gasteiger partial charge on any atom is 0.343 e. The van der Waals surface area contributed by atoms with Gasteiger partial charge in [-0.1, -0.05) is 0 Å². The minimum atomic E-state index is -2.00. The standard InChI is InChI=1S/C24H22FN3O5S/c1-10-14(25)6-16-19-18(15(26)9-34-21(10)19)11-7-28-17(20(11)27-16)5-13-12(22(28)29)8-33-23(30)24(13,31)3-4-32-2/h5-6,15,31H,3-4,7-9,26H2,1-2H3/t15-,24+/m1/s1. The summed E-state index contributed by atoms with van der Waals surface area (Å²) in [5, 5.41) is 12.1. The van der Waals surface area contributed by atoms with Gasteiger partial charge < -0.3 is 24.9 Å². The molecule has 0 bridgehead atoms. The topological polar surface area (TPSA) is 117 Å². The van der Waals surface area contributed by atoms with Crippen molar-refractivity contribution in [1.29, 1.82) is 0 Å². The number of hydrogen-bond acceptors (Lipinski definition) is 8. The molecule has 10 heteroatoms. The maximum atomic E-state index is 14.7. The molecule has 5 heterocycles. The van der Waals surface area contributed by atoms with Gasteiger partial charge in [0.25, 0.3) is 5.56 Å². The number of halogens is 1. The van der Waals surface area contributed by atoms with Gasteiger partial charge in [-0.3, -0.25) is 4.79 Å². The van der Waals surface area contributed by atoms with E-state index in [9.17, 15) is 19.1 Å². The molecule has 0 radical (unpaired) electrons. The number of aromatic nitrogens is 2. The molecule has 0 saturated heterocycles. The molecular formula is C24H22FN3O5S. The summed E-state index contributed by atoms with van der Waals surface area (Å²) in [5.74, 6) is -0.576. The lowest BCUT2D eigenvalue weighted by Gasteiger charge is -2.32. The SMILES string of the molecule is COCC[C@@]1(O)C(=O)OCc2c1cc1n(c2=O)Cc2c-1nc1cc(F)c(C)c3c1c2[C@H](N)CS3. The molecule has 2 aromatic heterocycles. The van der Waals surface area contributed by atoms with Crippen molar-refractivity contribution in [3.05, 3.63) is 56.1 Å². The van der Waals surface area contributed by atoms with Gasteiger partial charge in [0.15, 0.2) is 5.60 Å². The second kappa shape index (κ2) is 7.35. The number of pyridine rings is 2. The minimum absolute atomic E-state index is 0.0581. The number of thioether (sulfide) groups is 1. The first-order chi connectivity index (χ1) is 16.3. The zero-order valence-electron chi connectivity index (χ0n) is 18.6. The number of methoxy groups -OCH3 is 1. The average molecular weight is 484 g/mol. The number of nitrogens with zero attached hydrogens (tertiary/aromatic N) is 2. The van der Waals surface area contributed by atoms with E-state index in [1.54, 1.807) is 17.6 Å². The molecular weight excluding hydrogens is 461 g/mol. The van der Waals surface area contributed by atoms with Gasteiger partial charge in [-0.2, -0.15) is 0 Å². The summed E-state index contributed by atoms with van der Waals surface area (Å²) in [5.41, 5.74) is 8.33. The van der Waals surface area contributed by atoms with Gasteiger partial charge in [0, 0.05) is 59.4 Å². The number of aliphatic hydroxyl groups is 1. The number of esters is 1. The fraction of sp³-hybridized carbons (Fsp3) is 0.375. The van der Waals surface area contributed by atoms with Gasteiger partial charge >= 0.3 is 5.97 Å². The molecule has 176 valence electrons. The van der Waals surface area contributed by atoms with E-state index in [1.807, 2.05) is 0 Å². The molecule has 6 rings (SSSR count). The number of ether oxygens (including phenoxy) is 2. The Balaban J connectivity index is 1.65. The van der Waals surface area contributed by atoms with Crippen molar-refractivity contribution in [2.75, 3.05) is 19.5 Å². The van der Waals surface area contributed by atoms with Gasteiger partial charge in [-0.05, 0) is 24.1 Å². The summed E-state index contributed by atoms with van der Waals surface area (Å²) in [6.45, 7) is 1.89. The zero-order chi connectivity index (χ0) is 23.9. The second-order valence-corrected chi connectivity index (χ2v) is 10.00. The van der Waals surface area contributed by atoms with E-state index >= 15 is 0 Å². The highest BCUT2D eigenvalue weighted by molar-refractivity contribution is 7.99. The van der Waals surface area contributed by atoms with E-state index in [1.165, 1.54) is 24.9 Å². The van der Waals surface area contributed by atoms with Crippen LogP contribution in [0.3, 0.4) is 0 Å². The fourth-order valence-corrected chi connectivity index (χ4v) is 6.49. The number of carbonyl (C=O) groups is 1. The lowest BCUT2D eigenvalue weighted by Crippen LogP contribution is -2.45. The maximum absolute atomic E-state index is 14.7. The van der Waals surface area contributed by atoms with Crippen LogP contribution in [0.25, 0.3) is 22.3 Å². The summed E-state index contributed by atoms with van der Waals surface area (Å²) < 4.78 is 26.5. The third-order valence-corrected chi connectivity index (χ3v) is 8.42. The number of benzene rings is 1. The number of carbonyl (C=O) groups excluding carboxylic acids is 1. The molecule has 8 nitrogen and oxygen atoms in total. The van der Waals surface area contributed by atoms with E-state index in [0.717, 1.165) is 21.4 Å². The molecule has 0 aliphatic carbocycles. The van der Waals surface area contributed by atoms with Gasteiger partial charge in [-0.25, -0.2) is 14.2 Å². The smallest absolute Gasteiger partial charge is 0.343 e. The molecule has 1 aromatic carbocycles. The Morgan fingerprint density at radius 2 is 2.18 bits per heavy atom. The van der Waals surface area contributed by atoms with Crippen LogP contribution < -0.4 is 11.3 Å². The minimum Gasteiger partial charge on any atom is -0.458 e.